The van der Waals surface area contributed by atoms with Gasteiger partial charge in [0.1, 0.15) is 5.60 Å². The number of amides is 1. The topological polar surface area (TPSA) is 93.5 Å². The van der Waals surface area contributed by atoms with Gasteiger partial charge in [0.2, 0.25) is 5.95 Å². The summed E-state index contributed by atoms with van der Waals surface area (Å²) in [5.74, 6) is -0.641. The van der Waals surface area contributed by atoms with Crippen LogP contribution in [0.1, 0.15) is 27.2 Å². The summed E-state index contributed by atoms with van der Waals surface area (Å²) >= 11 is 0. The lowest BCUT2D eigenvalue weighted by Gasteiger charge is -2.19. The van der Waals surface area contributed by atoms with Gasteiger partial charge < -0.3 is 14.4 Å². The lowest BCUT2D eigenvalue weighted by Crippen LogP contribution is -2.28. The average Bonchev–Trinajstić information content (AvgIpc) is 2.59. The van der Waals surface area contributed by atoms with Gasteiger partial charge in [0, 0.05) is 18.9 Å². The molecule has 2 N–H and O–H groups in total. The van der Waals surface area contributed by atoms with Gasteiger partial charge in [0.15, 0.2) is 0 Å². The Bertz CT molecular complexity index is 434. The van der Waals surface area contributed by atoms with Crippen LogP contribution in [0.15, 0.2) is 12.4 Å². The van der Waals surface area contributed by atoms with Crippen molar-refractivity contribution < 1.29 is 19.4 Å². The Kier molecular flexibility index (Phi) is 4.30. The Hall–Kier alpha value is -2.05. The summed E-state index contributed by atoms with van der Waals surface area (Å²) in [5, 5.41) is 11.1. The first kappa shape index (κ1) is 14.0. The van der Waals surface area contributed by atoms with Crippen molar-refractivity contribution in [2.75, 3.05) is 5.32 Å². The number of carboxylic acid groups (broad SMARTS) is 1. The molecule has 0 saturated carbocycles. The number of aliphatic carboxylic acids is 1. The second kappa shape index (κ2) is 5.52. The highest BCUT2D eigenvalue weighted by molar-refractivity contribution is 5.82. The van der Waals surface area contributed by atoms with Crippen LogP contribution in [0, 0.1) is 0 Å². The molecule has 7 heteroatoms. The minimum Gasteiger partial charge on any atom is -0.481 e. The SMILES string of the molecule is CC(C)(C)OC(=O)Nc1nccn1CCC(=O)O. The van der Waals surface area contributed by atoms with E-state index >= 15 is 0 Å². The summed E-state index contributed by atoms with van der Waals surface area (Å²) in [4.78, 5) is 25.9. The standard InChI is InChI=1S/C11H17N3O4/c1-11(2,3)18-10(17)13-9-12-5-7-14(9)6-4-8(15)16/h5,7H,4,6H2,1-3H3,(H,15,16)(H,12,13,17). The monoisotopic (exact) mass is 255 g/mol. The number of carbonyl (C=O) groups excluding carboxylic acids is 1. The Morgan fingerprint density at radius 1 is 1.50 bits per heavy atom. The van der Waals surface area contributed by atoms with Crippen LogP contribution in [0.5, 0.6) is 0 Å². The van der Waals surface area contributed by atoms with Crippen LogP contribution >= 0.6 is 0 Å². The molecule has 0 saturated heterocycles. The number of hydrogen-bond donors (Lipinski definition) is 2. The predicted octanol–water partition coefficient (Wildman–Crippen LogP) is 1.70. The molecular weight excluding hydrogens is 238 g/mol. The largest absolute Gasteiger partial charge is 0.481 e. The number of aryl methyl sites for hydroxylation is 1. The summed E-state index contributed by atoms with van der Waals surface area (Å²) in [7, 11) is 0. The molecule has 7 nitrogen and oxygen atoms in total. The molecule has 0 aromatic carbocycles. The van der Waals surface area contributed by atoms with Crippen molar-refractivity contribution in [2.24, 2.45) is 0 Å². The molecule has 1 aromatic heterocycles. The van der Waals surface area contributed by atoms with Crippen LogP contribution in [0.3, 0.4) is 0 Å². The van der Waals surface area contributed by atoms with Crippen molar-refractivity contribution in [1.82, 2.24) is 9.55 Å². The van der Waals surface area contributed by atoms with Crippen molar-refractivity contribution in [1.29, 1.82) is 0 Å². The van der Waals surface area contributed by atoms with E-state index in [0.717, 1.165) is 0 Å². The molecule has 0 bridgehead atoms. The quantitative estimate of drug-likeness (QED) is 0.854. The highest BCUT2D eigenvalue weighted by atomic mass is 16.6. The van der Waals surface area contributed by atoms with E-state index in [9.17, 15) is 9.59 Å². The van der Waals surface area contributed by atoms with E-state index in [1.165, 1.54) is 10.8 Å². The third-order valence-corrected chi connectivity index (χ3v) is 1.89. The molecule has 1 rings (SSSR count). The van der Waals surface area contributed by atoms with Crippen LogP contribution in [0.4, 0.5) is 10.7 Å². The lowest BCUT2D eigenvalue weighted by atomic mass is 10.2. The van der Waals surface area contributed by atoms with Gasteiger partial charge in [0.05, 0.1) is 6.42 Å². The maximum atomic E-state index is 11.5. The number of nitrogens with zero attached hydrogens (tertiary/aromatic N) is 2. The summed E-state index contributed by atoms with van der Waals surface area (Å²) < 4.78 is 6.61. The fourth-order valence-electron chi connectivity index (χ4n) is 1.22. The molecule has 0 spiro atoms. The maximum Gasteiger partial charge on any atom is 0.414 e. The first-order chi connectivity index (χ1) is 8.28. The summed E-state index contributed by atoms with van der Waals surface area (Å²) in [5.41, 5.74) is -0.595. The maximum absolute atomic E-state index is 11.5. The van der Waals surface area contributed by atoms with Crippen LogP contribution in [-0.4, -0.2) is 32.3 Å². The minimum atomic E-state index is -0.910. The Morgan fingerprint density at radius 3 is 2.72 bits per heavy atom. The van der Waals surface area contributed by atoms with Gasteiger partial charge >= 0.3 is 12.1 Å². The molecule has 1 heterocycles. The van der Waals surface area contributed by atoms with E-state index in [0.29, 0.717) is 0 Å². The first-order valence-corrected chi connectivity index (χ1v) is 5.51. The zero-order valence-electron chi connectivity index (χ0n) is 10.6. The van der Waals surface area contributed by atoms with Crippen LogP contribution in [-0.2, 0) is 16.1 Å². The summed E-state index contributed by atoms with van der Waals surface area (Å²) in [6.45, 7) is 5.50. The Labute approximate surface area is 105 Å². The van der Waals surface area contributed by atoms with Crippen molar-refractivity contribution in [3.8, 4) is 0 Å². The third-order valence-electron chi connectivity index (χ3n) is 1.89. The second-order valence-corrected chi connectivity index (χ2v) is 4.71. The number of ether oxygens (including phenoxy) is 1. The molecule has 0 aliphatic rings. The van der Waals surface area contributed by atoms with Crippen LogP contribution in [0.2, 0.25) is 0 Å². The van der Waals surface area contributed by atoms with Crippen molar-refractivity contribution in [3.05, 3.63) is 12.4 Å². The third kappa shape index (κ3) is 4.86. The van der Waals surface area contributed by atoms with Gasteiger partial charge in [-0.3, -0.25) is 10.1 Å². The van der Waals surface area contributed by atoms with E-state index in [4.69, 9.17) is 9.84 Å². The van der Waals surface area contributed by atoms with Crippen molar-refractivity contribution in [2.45, 2.75) is 39.3 Å². The average molecular weight is 255 g/mol. The second-order valence-electron chi connectivity index (χ2n) is 4.71. The number of hydrogen-bond acceptors (Lipinski definition) is 4. The molecule has 1 aromatic rings. The smallest absolute Gasteiger partial charge is 0.414 e. The number of anilines is 1. The van der Waals surface area contributed by atoms with Crippen molar-refractivity contribution in [3.63, 3.8) is 0 Å². The first-order valence-electron chi connectivity index (χ1n) is 5.51. The molecule has 0 unspecified atom stereocenters. The lowest BCUT2D eigenvalue weighted by molar-refractivity contribution is -0.137. The van der Waals surface area contributed by atoms with Gasteiger partial charge in [-0.2, -0.15) is 0 Å². The van der Waals surface area contributed by atoms with Gasteiger partial charge in [0.25, 0.3) is 0 Å². The molecule has 0 aliphatic carbocycles. The number of aromatic nitrogens is 2. The fourth-order valence-corrected chi connectivity index (χ4v) is 1.22. The van der Waals surface area contributed by atoms with E-state index in [-0.39, 0.29) is 18.9 Å². The molecule has 0 radical (unpaired) electrons. The number of imidazole rings is 1. The highest BCUT2D eigenvalue weighted by Crippen LogP contribution is 2.10. The van der Waals surface area contributed by atoms with Crippen molar-refractivity contribution >= 4 is 18.0 Å². The number of nitrogens with one attached hydrogen (secondary N) is 1. The Morgan fingerprint density at radius 2 is 2.17 bits per heavy atom. The van der Waals surface area contributed by atoms with Gasteiger partial charge in [-0.1, -0.05) is 0 Å². The zero-order chi connectivity index (χ0) is 13.8. The number of carboxylic acids is 1. The predicted molar refractivity (Wildman–Crippen MR) is 64.3 cm³/mol. The van der Waals surface area contributed by atoms with E-state index < -0.39 is 17.7 Å². The zero-order valence-corrected chi connectivity index (χ0v) is 10.6. The molecular formula is C11H17N3O4. The molecule has 18 heavy (non-hydrogen) atoms. The number of rotatable bonds is 4. The molecule has 100 valence electrons. The van der Waals surface area contributed by atoms with E-state index in [2.05, 4.69) is 10.3 Å². The Balaban J connectivity index is 2.59. The van der Waals surface area contributed by atoms with E-state index in [1.807, 2.05) is 0 Å². The van der Waals surface area contributed by atoms with Gasteiger partial charge in [-0.25, -0.2) is 9.78 Å². The molecule has 1 amide bonds. The minimum absolute atomic E-state index is 0.0423. The molecule has 0 fully saturated rings. The van der Waals surface area contributed by atoms with Crippen LogP contribution < -0.4 is 5.32 Å². The fraction of sp³-hybridized carbons (Fsp3) is 0.545. The van der Waals surface area contributed by atoms with Gasteiger partial charge in [-0.05, 0) is 20.8 Å². The normalized spacial score (nSPS) is 11.1. The summed E-state index contributed by atoms with van der Waals surface area (Å²) in [6.07, 6.45) is 2.41. The van der Waals surface area contributed by atoms with E-state index in [1.54, 1.807) is 27.0 Å². The number of carbonyl (C=O) groups is 2. The highest BCUT2D eigenvalue weighted by Gasteiger charge is 2.17. The van der Waals surface area contributed by atoms with Crippen LogP contribution in [0.25, 0.3) is 0 Å². The molecule has 0 aliphatic heterocycles. The van der Waals surface area contributed by atoms with Gasteiger partial charge in [-0.15, -0.1) is 0 Å². The molecule has 0 atom stereocenters. The summed E-state index contributed by atoms with van der Waals surface area (Å²) in [6, 6.07) is 0.